The maximum atomic E-state index is 12.6. The largest absolute Gasteiger partial charge is 0.352 e. The number of aromatic nitrogens is 2. The number of rotatable bonds is 18. The molecule has 0 aromatic carbocycles. The Kier molecular flexibility index (Phi) is 17.9. The SMILES string of the molecule is C=C[C@H](CC(C)C)NC(=O)[C@@H](NC(=O)c1ccc(C=O)[nH]1)C(C)C.CC[C@H](CC(C)C)NC(=O)[C@@H](NC(=O)c1ccc(C=O)[nH]1)C(C)C. The standard InChI is InChI=1S/C18H29N3O3.C18H27N3O3/c2*1-6-13(9-11(2)3)20-18(24)16(12(4)5)21-17(23)15-8-7-14(10-22)19-15/h7-8,10-13,16,19H,6,9H2,1-5H3,(H,20,24)(H,21,23);6-8,10-13,16,19H,1,9H2,2-5H3,(H,20,24)(H,21,23)/t2*13-,16+/m11/s1. The first kappa shape index (κ1) is 41.5. The van der Waals surface area contributed by atoms with Crippen LogP contribution in [0.5, 0.6) is 0 Å². The highest BCUT2D eigenvalue weighted by Crippen LogP contribution is 2.12. The van der Waals surface area contributed by atoms with Crippen LogP contribution < -0.4 is 21.3 Å². The van der Waals surface area contributed by atoms with E-state index in [-0.39, 0.29) is 47.1 Å². The number of aldehydes is 2. The van der Waals surface area contributed by atoms with Crippen LogP contribution in [0.25, 0.3) is 0 Å². The molecule has 0 fully saturated rings. The van der Waals surface area contributed by atoms with Crippen molar-refractivity contribution in [2.75, 3.05) is 0 Å². The van der Waals surface area contributed by atoms with Crippen molar-refractivity contribution in [1.82, 2.24) is 31.2 Å². The number of aromatic amines is 2. The first-order valence-corrected chi connectivity index (χ1v) is 16.7. The van der Waals surface area contributed by atoms with E-state index in [0.717, 1.165) is 19.3 Å². The molecule has 6 N–H and O–H groups in total. The molecule has 0 aliphatic rings. The van der Waals surface area contributed by atoms with Crippen LogP contribution in [0.15, 0.2) is 36.9 Å². The molecule has 2 aromatic rings. The highest BCUT2D eigenvalue weighted by molar-refractivity contribution is 5.98. The van der Waals surface area contributed by atoms with Crippen LogP contribution in [-0.2, 0) is 9.59 Å². The second-order valence-electron chi connectivity index (χ2n) is 13.5. The average Bonchev–Trinajstić information content (AvgIpc) is 3.71. The summed E-state index contributed by atoms with van der Waals surface area (Å²) in [6.07, 6.45) is 5.51. The van der Waals surface area contributed by atoms with Gasteiger partial charge in [-0.3, -0.25) is 28.8 Å². The Morgan fingerprint density at radius 1 is 0.667 bits per heavy atom. The fourth-order valence-corrected chi connectivity index (χ4v) is 4.92. The first-order chi connectivity index (χ1) is 22.6. The predicted molar refractivity (Wildman–Crippen MR) is 188 cm³/mol. The molecular formula is C36H56N6O6. The fraction of sp³-hybridized carbons (Fsp3) is 0.556. The third-order valence-corrected chi connectivity index (χ3v) is 7.56. The molecule has 2 rings (SSSR count). The van der Waals surface area contributed by atoms with Crippen molar-refractivity contribution in [3.63, 3.8) is 0 Å². The highest BCUT2D eigenvalue weighted by Gasteiger charge is 2.28. The number of hydrogen-bond acceptors (Lipinski definition) is 6. The van der Waals surface area contributed by atoms with Crippen molar-refractivity contribution >= 4 is 36.2 Å². The van der Waals surface area contributed by atoms with Crippen LogP contribution in [0.4, 0.5) is 0 Å². The van der Waals surface area contributed by atoms with E-state index in [2.05, 4.69) is 65.5 Å². The maximum Gasteiger partial charge on any atom is 0.268 e. The summed E-state index contributed by atoms with van der Waals surface area (Å²) in [5, 5.41) is 11.4. The number of carbonyl (C=O) groups excluding carboxylic acids is 6. The minimum atomic E-state index is -0.671. The van der Waals surface area contributed by atoms with Gasteiger partial charge in [-0.1, -0.05) is 68.4 Å². The number of nitrogens with one attached hydrogen (secondary N) is 6. The van der Waals surface area contributed by atoms with Gasteiger partial charge in [-0.25, -0.2) is 0 Å². The Morgan fingerprint density at radius 3 is 1.40 bits per heavy atom. The van der Waals surface area contributed by atoms with E-state index in [1.807, 2.05) is 34.6 Å². The van der Waals surface area contributed by atoms with Crippen molar-refractivity contribution < 1.29 is 28.8 Å². The van der Waals surface area contributed by atoms with Crippen LogP contribution in [0.1, 0.15) is 124 Å². The lowest BCUT2D eigenvalue weighted by molar-refractivity contribution is -0.125. The van der Waals surface area contributed by atoms with Crippen molar-refractivity contribution in [2.45, 2.75) is 106 Å². The third kappa shape index (κ3) is 14.1. The summed E-state index contributed by atoms with van der Waals surface area (Å²) in [4.78, 5) is 76.4. The van der Waals surface area contributed by atoms with Gasteiger partial charge in [0, 0.05) is 12.1 Å². The molecule has 4 amide bonds. The van der Waals surface area contributed by atoms with Gasteiger partial charge < -0.3 is 31.2 Å². The predicted octanol–water partition coefficient (Wildman–Crippen LogP) is 4.82. The minimum Gasteiger partial charge on any atom is -0.352 e. The Balaban J connectivity index is 0.000000480. The molecule has 0 aliphatic carbocycles. The molecule has 0 saturated carbocycles. The topological polar surface area (TPSA) is 182 Å². The molecule has 0 bridgehead atoms. The molecule has 0 saturated heterocycles. The molecule has 4 atom stereocenters. The molecule has 12 heteroatoms. The molecule has 2 heterocycles. The number of amides is 4. The highest BCUT2D eigenvalue weighted by atomic mass is 16.2. The van der Waals surface area contributed by atoms with E-state index < -0.39 is 23.9 Å². The normalized spacial score (nSPS) is 13.5. The number of H-pyrrole nitrogens is 2. The average molecular weight is 669 g/mol. The van der Waals surface area contributed by atoms with E-state index in [4.69, 9.17) is 0 Å². The van der Waals surface area contributed by atoms with Gasteiger partial charge in [-0.2, -0.15) is 0 Å². The minimum absolute atomic E-state index is 0.0500. The summed E-state index contributed by atoms with van der Waals surface area (Å²) in [5.74, 6) is -0.460. The van der Waals surface area contributed by atoms with Gasteiger partial charge in [-0.05, 0) is 67.2 Å². The molecule has 2 aromatic heterocycles. The smallest absolute Gasteiger partial charge is 0.268 e. The van der Waals surface area contributed by atoms with Crippen molar-refractivity contribution in [2.24, 2.45) is 23.7 Å². The van der Waals surface area contributed by atoms with Crippen LogP contribution in [0.3, 0.4) is 0 Å². The number of hydrogen-bond donors (Lipinski definition) is 6. The summed E-state index contributed by atoms with van der Waals surface area (Å²) in [5.41, 5.74) is 1.16. The van der Waals surface area contributed by atoms with Gasteiger partial charge in [0.1, 0.15) is 23.5 Å². The summed E-state index contributed by atoms with van der Waals surface area (Å²) in [6, 6.07) is 4.76. The molecule has 12 nitrogen and oxygen atoms in total. The zero-order valence-corrected chi connectivity index (χ0v) is 29.9. The molecular weight excluding hydrogens is 612 g/mol. The summed E-state index contributed by atoms with van der Waals surface area (Å²) < 4.78 is 0. The lowest BCUT2D eigenvalue weighted by Gasteiger charge is -2.25. The third-order valence-electron chi connectivity index (χ3n) is 7.56. The summed E-state index contributed by atoms with van der Waals surface area (Å²) in [6.45, 7) is 21.7. The lowest BCUT2D eigenvalue weighted by atomic mass is 9.99. The fourth-order valence-electron chi connectivity index (χ4n) is 4.92. The molecule has 0 spiro atoms. The van der Waals surface area contributed by atoms with E-state index in [1.54, 1.807) is 6.08 Å². The maximum absolute atomic E-state index is 12.6. The number of carbonyl (C=O) groups is 6. The van der Waals surface area contributed by atoms with Crippen LogP contribution in [0, 0.1) is 23.7 Å². The Labute approximate surface area is 285 Å². The van der Waals surface area contributed by atoms with Crippen LogP contribution in [-0.4, -0.2) is 70.3 Å². The molecule has 0 unspecified atom stereocenters. The monoisotopic (exact) mass is 668 g/mol. The van der Waals surface area contributed by atoms with Gasteiger partial charge in [0.25, 0.3) is 11.8 Å². The zero-order chi connectivity index (χ0) is 36.6. The van der Waals surface area contributed by atoms with Crippen molar-refractivity contribution in [3.8, 4) is 0 Å². The molecule has 0 aliphatic heterocycles. The summed E-state index contributed by atoms with van der Waals surface area (Å²) >= 11 is 0. The van der Waals surface area contributed by atoms with E-state index in [9.17, 15) is 28.8 Å². The first-order valence-electron chi connectivity index (χ1n) is 16.7. The quantitative estimate of drug-likeness (QED) is 0.0978. The Morgan fingerprint density at radius 2 is 1.08 bits per heavy atom. The second kappa shape index (κ2) is 20.7. The van der Waals surface area contributed by atoms with Gasteiger partial charge in [-0.15, -0.1) is 6.58 Å². The summed E-state index contributed by atoms with van der Waals surface area (Å²) in [7, 11) is 0. The Bertz CT molecular complexity index is 1360. The van der Waals surface area contributed by atoms with Gasteiger partial charge in [0.15, 0.2) is 12.6 Å². The van der Waals surface area contributed by atoms with Crippen molar-refractivity contribution in [1.29, 1.82) is 0 Å². The zero-order valence-electron chi connectivity index (χ0n) is 29.9. The van der Waals surface area contributed by atoms with E-state index >= 15 is 0 Å². The Hall–Kier alpha value is -4.48. The van der Waals surface area contributed by atoms with E-state index in [0.29, 0.717) is 35.8 Å². The molecule has 48 heavy (non-hydrogen) atoms. The van der Waals surface area contributed by atoms with Crippen molar-refractivity contribution in [3.05, 3.63) is 59.7 Å². The van der Waals surface area contributed by atoms with Crippen LogP contribution in [0.2, 0.25) is 0 Å². The lowest BCUT2D eigenvalue weighted by Crippen LogP contribution is -2.52. The van der Waals surface area contributed by atoms with Gasteiger partial charge >= 0.3 is 0 Å². The van der Waals surface area contributed by atoms with Gasteiger partial charge in [0.2, 0.25) is 11.8 Å². The van der Waals surface area contributed by atoms with Crippen LogP contribution >= 0.6 is 0 Å². The van der Waals surface area contributed by atoms with E-state index in [1.165, 1.54) is 24.3 Å². The van der Waals surface area contributed by atoms with Gasteiger partial charge in [0.05, 0.1) is 11.4 Å². The molecule has 266 valence electrons. The molecule has 0 radical (unpaired) electrons. The second-order valence-corrected chi connectivity index (χ2v) is 13.5.